The molecule has 0 atom stereocenters. The minimum absolute atomic E-state index is 0.654. The van der Waals surface area contributed by atoms with Crippen LogP contribution in [-0.2, 0) is 6.54 Å². The smallest absolute Gasteiger partial charge is 0.191 e. The Kier molecular flexibility index (Phi) is 8.54. The van der Waals surface area contributed by atoms with Gasteiger partial charge in [0.15, 0.2) is 5.96 Å². The number of piperidine rings is 1. The first-order valence-corrected chi connectivity index (χ1v) is 9.57. The summed E-state index contributed by atoms with van der Waals surface area (Å²) in [5.41, 5.74) is 1.07. The Hall–Kier alpha value is -1.95. The highest BCUT2D eigenvalue weighted by atomic mass is 16.5. The number of nitrogens with one attached hydrogen (secondary N) is 2. The van der Waals surface area contributed by atoms with Gasteiger partial charge in [-0.15, -0.1) is 0 Å². The normalized spacial score (nSPS) is 16.4. The fraction of sp³-hybridized carbons (Fsp3) is 0.650. The van der Waals surface area contributed by atoms with E-state index in [1.54, 1.807) is 21.3 Å². The summed E-state index contributed by atoms with van der Waals surface area (Å²) in [6, 6.07) is 5.85. The maximum atomic E-state index is 5.45. The standard InChI is InChI=1S/C20H34N4O2/c1-5-24-12-9-16(10-13-24)8-11-22-20(21-2)23-15-17-6-7-18(25-3)14-19(17)26-4/h6-7,14,16H,5,8-13,15H2,1-4H3,(H2,21,22,23). The second-order valence-electron chi connectivity index (χ2n) is 6.70. The molecule has 0 radical (unpaired) electrons. The minimum atomic E-state index is 0.654. The lowest BCUT2D eigenvalue weighted by Gasteiger charge is -2.31. The van der Waals surface area contributed by atoms with Gasteiger partial charge in [0, 0.05) is 31.8 Å². The van der Waals surface area contributed by atoms with Crippen LogP contribution in [0.1, 0.15) is 31.7 Å². The van der Waals surface area contributed by atoms with Gasteiger partial charge in [0.05, 0.1) is 14.2 Å². The molecule has 2 N–H and O–H groups in total. The first-order chi connectivity index (χ1) is 12.7. The first-order valence-electron chi connectivity index (χ1n) is 9.57. The number of nitrogens with zero attached hydrogens (tertiary/aromatic N) is 2. The van der Waals surface area contributed by atoms with Crippen LogP contribution in [0, 0.1) is 5.92 Å². The minimum Gasteiger partial charge on any atom is -0.497 e. The van der Waals surface area contributed by atoms with E-state index in [-0.39, 0.29) is 0 Å². The predicted octanol–water partition coefficient (Wildman–Crippen LogP) is 2.49. The van der Waals surface area contributed by atoms with E-state index in [9.17, 15) is 0 Å². The first kappa shape index (κ1) is 20.4. The van der Waals surface area contributed by atoms with Crippen LogP contribution in [0.15, 0.2) is 23.2 Å². The van der Waals surface area contributed by atoms with E-state index in [1.807, 2.05) is 18.2 Å². The Morgan fingerprint density at radius 3 is 2.58 bits per heavy atom. The molecule has 0 spiro atoms. The number of hydrogen-bond donors (Lipinski definition) is 2. The molecular formula is C20H34N4O2. The zero-order valence-corrected chi connectivity index (χ0v) is 16.7. The number of methoxy groups -OCH3 is 2. The van der Waals surface area contributed by atoms with Crippen molar-refractivity contribution < 1.29 is 9.47 Å². The quantitative estimate of drug-likeness (QED) is 0.550. The molecule has 0 bridgehead atoms. The van der Waals surface area contributed by atoms with Gasteiger partial charge in [0.1, 0.15) is 11.5 Å². The Balaban J connectivity index is 1.74. The molecule has 2 rings (SSSR count). The Morgan fingerprint density at radius 2 is 1.96 bits per heavy atom. The molecule has 0 aliphatic carbocycles. The van der Waals surface area contributed by atoms with E-state index in [0.717, 1.165) is 35.5 Å². The molecule has 1 aliphatic rings. The molecule has 1 saturated heterocycles. The van der Waals surface area contributed by atoms with E-state index in [2.05, 4.69) is 27.4 Å². The van der Waals surface area contributed by atoms with Crippen molar-refractivity contribution in [1.82, 2.24) is 15.5 Å². The van der Waals surface area contributed by atoms with Gasteiger partial charge >= 0.3 is 0 Å². The fourth-order valence-electron chi connectivity index (χ4n) is 3.38. The van der Waals surface area contributed by atoms with Gasteiger partial charge in [-0.1, -0.05) is 6.92 Å². The van der Waals surface area contributed by atoms with Gasteiger partial charge in [-0.3, -0.25) is 4.99 Å². The number of ether oxygens (including phenoxy) is 2. The summed E-state index contributed by atoms with van der Waals surface area (Å²) in [6.07, 6.45) is 3.82. The molecule has 1 heterocycles. The molecule has 1 aromatic rings. The predicted molar refractivity (Wildman–Crippen MR) is 107 cm³/mol. The summed E-state index contributed by atoms with van der Waals surface area (Å²) in [4.78, 5) is 6.86. The molecule has 0 amide bonds. The number of rotatable bonds is 8. The Bertz CT molecular complexity index is 569. The van der Waals surface area contributed by atoms with Crippen LogP contribution in [0.4, 0.5) is 0 Å². The van der Waals surface area contributed by atoms with Crippen LogP contribution < -0.4 is 20.1 Å². The van der Waals surface area contributed by atoms with Gasteiger partial charge < -0.3 is 25.0 Å². The SMILES string of the molecule is CCN1CCC(CCNC(=NC)NCc2ccc(OC)cc2OC)CC1. The van der Waals surface area contributed by atoms with E-state index < -0.39 is 0 Å². The average molecular weight is 363 g/mol. The topological polar surface area (TPSA) is 58.1 Å². The zero-order chi connectivity index (χ0) is 18.8. The molecule has 146 valence electrons. The lowest BCUT2D eigenvalue weighted by Crippen LogP contribution is -2.39. The van der Waals surface area contributed by atoms with Crippen molar-refractivity contribution in [2.75, 3.05) is 47.4 Å². The highest BCUT2D eigenvalue weighted by molar-refractivity contribution is 5.79. The van der Waals surface area contributed by atoms with Crippen molar-refractivity contribution in [3.63, 3.8) is 0 Å². The molecular weight excluding hydrogens is 328 g/mol. The van der Waals surface area contributed by atoms with Gasteiger partial charge in [0.25, 0.3) is 0 Å². The highest BCUT2D eigenvalue weighted by Gasteiger charge is 2.17. The van der Waals surface area contributed by atoms with Crippen molar-refractivity contribution in [2.45, 2.75) is 32.7 Å². The highest BCUT2D eigenvalue weighted by Crippen LogP contribution is 2.24. The third-order valence-corrected chi connectivity index (χ3v) is 5.16. The maximum Gasteiger partial charge on any atom is 0.191 e. The average Bonchev–Trinajstić information content (AvgIpc) is 2.70. The molecule has 0 unspecified atom stereocenters. The van der Waals surface area contributed by atoms with E-state index in [4.69, 9.17) is 9.47 Å². The number of likely N-dealkylation sites (tertiary alicyclic amines) is 1. The second-order valence-corrected chi connectivity index (χ2v) is 6.70. The molecule has 6 nitrogen and oxygen atoms in total. The molecule has 1 aliphatic heterocycles. The number of aliphatic imine (C=N–C) groups is 1. The number of benzene rings is 1. The molecule has 0 saturated carbocycles. The van der Waals surface area contributed by atoms with Crippen molar-refractivity contribution >= 4 is 5.96 Å². The second kappa shape index (κ2) is 10.9. The molecule has 6 heteroatoms. The van der Waals surface area contributed by atoms with Crippen LogP contribution in [0.2, 0.25) is 0 Å². The van der Waals surface area contributed by atoms with Crippen molar-refractivity contribution in [2.24, 2.45) is 10.9 Å². The summed E-state index contributed by atoms with van der Waals surface area (Å²) < 4.78 is 10.7. The molecule has 1 aromatic carbocycles. The number of hydrogen-bond acceptors (Lipinski definition) is 4. The van der Waals surface area contributed by atoms with Crippen molar-refractivity contribution in [1.29, 1.82) is 0 Å². The summed E-state index contributed by atoms with van der Waals surface area (Å²) in [5, 5.41) is 6.79. The van der Waals surface area contributed by atoms with E-state index >= 15 is 0 Å². The molecule has 0 aromatic heterocycles. The zero-order valence-electron chi connectivity index (χ0n) is 16.7. The molecule has 26 heavy (non-hydrogen) atoms. The Labute approximate surface area is 158 Å². The van der Waals surface area contributed by atoms with Gasteiger partial charge in [0.2, 0.25) is 0 Å². The van der Waals surface area contributed by atoms with Crippen molar-refractivity contribution in [3.8, 4) is 11.5 Å². The summed E-state index contributed by atoms with van der Waals surface area (Å²) in [6.45, 7) is 7.51. The maximum absolute atomic E-state index is 5.45. The van der Waals surface area contributed by atoms with Crippen LogP contribution in [-0.4, -0.2) is 58.3 Å². The summed E-state index contributed by atoms with van der Waals surface area (Å²) in [5.74, 6) is 3.26. The van der Waals surface area contributed by atoms with Gasteiger partial charge in [-0.05, 0) is 56.9 Å². The van der Waals surface area contributed by atoms with E-state index in [1.165, 1.54) is 38.9 Å². The van der Waals surface area contributed by atoms with Crippen LogP contribution in [0.3, 0.4) is 0 Å². The lowest BCUT2D eigenvalue weighted by atomic mass is 9.93. The van der Waals surface area contributed by atoms with Gasteiger partial charge in [-0.2, -0.15) is 0 Å². The Morgan fingerprint density at radius 1 is 1.19 bits per heavy atom. The summed E-state index contributed by atoms with van der Waals surface area (Å²) >= 11 is 0. The van der Waals surface area contributed by atoms with Crippen LogP contribution in [0.5, 0.6) is 11.5 Å². The largest absolute Gasteiger partial charge is 0.497 e. The lowest BCUT2D eigenvalue weighted by molar-refractivity contribution is 0.187. The van der Waals surface area contributed by atoms with Crippen LogP contribution >= 0.6 is 0 Å². The fourth-order valence-corrected chi connectivity index (χ4v) is 3.38. The monoisotopic (exact) mass is 362 g/mol. The van der Waals surface area contributed by atoms with Gasteiger partial charge in [-0.25, -0.2) is 0 Å². The van der Waals surface area contributed by atoms with Crippen molar-refractivity contribution in [3.05, 3.63) is 23.8 Å². The third kappa shape index (κ3) is 6.09. The third-order valence-electron chi connectivity index (χ3n) is 5.16. The molecule has 1 fully saturated rings. The van der Waals surface area contributed by atoms with Crippen LogP contribution in [0.25, 0.3) is 0 Å². The summed E-state index contributed by atoms with van der Waals surface area (Å²) in [7, 11) is 5.14. The number of guanidine groups is 1. The van der Waals surface area contributed by atoms with E-state index in [0.29, 0.717) is 6.54 Å².